The first-order valence-electron chi connectivity index (χ1n) is 6.43. The van der Waals surface area contributed by atoms with Crippen LogP contribution < -0.4 is 0 Å². The van der Waals surface area contributed by atoms with Crippen molar-refractivity contribution in [3.8, 4) is 0 Å². The zero-order chi connectivity index (χ0) is 13.0. The Balaban J connectivity index is 2.70. The zero-order valence-electron chi connectivity index (χ0n) is 11.0. The van der Waals surface area contributed by atoms with Gasteiger partial charge in [0.1, 0.15) is 0 Å². The van der Waals surface area contributed by atoms with Crippen molar-refractivity contribution in [2.24, 2.45) is 11.8 Å². The molecule has 3 unspecified atom stereocenters. The number of carbonyl (C=O) groups excluding carboxylic acids is 1. The summed E-state index contributed by atoms with van der Waals surface area (Å²) in [6.45, 7) is 5.69. The van der Waals surface area contributed by atoms with E-state index in [9.17, 15) is 9.59 Å². The molecule has 1 amide bonds. The number of carboxylic acids is 1. The van der Waals surface area contributed by atoms with Crippen molar-refractivity contribution in [2.75, 3.05) is 6.54 Å². The van der Waals surface area contributed by atoms with Crippen LogP contribution in [-0.2, 0) is 9.59 Å². The second-order valence-electron chi connectivity index (χ2n) is 5.24. The van der Waals surface area contributed by atoms with Crippen LogP contribution in [0.4, 0.5) is 0 Å². The molecule has 0 aliphatic heterocycles. The fourth-order valence-corrected chi connectivity index (χ4v) is 2.63. The van der Waals surface area contributed by atoms with Gasteiger partial charge in [-0.3, -0.25) is 9.59 Å². The van der Waals surface area contributed by atoms with Gasteiger partial charge in [0.25, 0.3) is 0 Å². The molecule has 1 rings (SSSR count). The minimum Gasteiger partial charge on any atom is -0.481 e. The Morgan fingerprint density at radius 2 is 1.94 bits per heavy atom. The third-order valence-electron chi connectivity index (χ3n) is 3.76. The van der Waals surface area contributed by atoms with Crippen LogP contribution in [0.5, 0.6) is 0 Å². The molecule has 1 aliphatic rings. The van der Waals surface area contributed by atoms with Crippen molar-refractivity contribution < 1.29 is 14.7 Å². The quantitative estimate of drug-likeness (QED) is 0.820. The highest BCUT2D eigenvalue weighted by Crippen LogP contribution is 2.28. The highest BCUT2D eigenvalue weighted by molar-refractivity contribution is 5.75. The van der Waals surface area contributed by atoms with E-state index >= 15 is 0 Å². The largest absolute Gasteiger partial charge is 0.481 e. The first-order chi connectivity index (χ1) is 7.93. The number of aliphatic carboxylic acids is 1. The highest BCUT2D eigenvalue weighted by atomic mass is 16.4. The molecule has 0 aromatic rings. The average molecular weight is 241 g/mol. The molecule has 1 N–H and O–H groups in total. The Kier molecular flexibility index (Phi) is 4.97. The molecule has 1 saturated carbocycles. The highest BCUT2D eigenvalue weighted by Gasteiger charge is 2.30. The maximum Gasteiger partial charge on any atom is 0.308 e. The molecular formula is C13H23NO3. The summed E-state index contributed by atoms with van der Waals surface area (Å²) < 4.78 is 0. The van der Waals surface area contributed by atoms with E-state index in [1.54, 1.807) is 11.8 Å². The predicted molar refractivity (Wildman–Crippen MR) is 65.6 cm³/mol. The van der Waals surface area contributed by atoms with E-state index in [2.05, 4.69) is 6.92 Å². The van der Waals surface area contributed by atoms with Crippen molar-refractivity contribution in [3.05, 3.63) is 0 Å². The number of hydrogen-bond acceptors (Lipinski definition) is 2. The second kappa shape index (κ2) is 6.03. The molecule has 4 nitrogen and oxygen atoms in total. The SMILES string of the molecule is CC(=O)N(CC(C)C(=O)O)C1CCCCC1C. The molecule has 0 spiro atoms. The molecule has 98 valence electrons. The summed E-state index contributed by atoms with van der Waals surface area (Å²) in [5.74, 6) is -0.849. The number of carboxylic acid groups (broad SMARTS) is 1. The maximum absolute atomic E-state index is 11.7. The number of amides is 1. The predicted octanol–water partition coefficient (Wildman–Crippen LogP) is 2.13. The van der Waals surface area contributed by atoms with E-state index < -0.39 is 11.9 Å². The normalized spacial score (nSPS) is 26.3. The van der Waals surface area contributed by atoms with Gasteiger partial charge in [0.2, 0.25) is 5.91 Å². The second-order valence-corrected chi connectivity index (χ2v) is 5.24. The Morgan fingerprint density at radius 1 is 1.35 bits per heavy atom. The van der Waals surface area contributed by atoms with Gasteiger partial charge < -0.3 is 10.0 Å². The first-order valence-corrected chi connectivity index (χ1v) is 6.43. The summed E-state index contributed by atoms with van der Waals surface area (Å²) in [7, 11) is 0. The van der Waals surface area contributed by atoms with E-state index in [-0.39, 0.29) is 11.9 Å². The van der Waals surface area contributed by atoms with Crippen LogP contribution in [0.3, 0.4) is 0 Å². The van der Waals surface area contributed by atoms with E-state index in [0.717, 1.165) is 19.3 Å². The number of nitrogens with zero attached hydrogens (tertiary/aromatic N) is 1. The van der Waals surface area contributed by atoms with Crippen LogP contribution in [0.15, 0.2) is 0 Å². The lowest BCUT2D eigenvalue weighted by molar-refractivity contribution is -0.144. The van der Waals surface area contributed by atoms with Gasteiger partial charge in [-0.15, -0.1) is 0 Å². The number of carbonyl (C=O) groups is 2. The summed E-state index contributed by atoms with van der Waals surface area (Å²) in [6, 6.07) is 0.225. The molecule has 0 aromatic heterocycles. The van der Waals surface area contributed by atoms with Crippen molar-refractivity contribution in [3.63, 3.8) is 0 Å². The van der Waals surface area contributed by atoms with Crippen LogP contribution in [0.25, 0.3) is 0 Å². The summed E-state index contributed by atoms with van der Waals surface area (Å²) in [5, 5.41) is 8.94. The molecule has 1 aliphatic carbocycles. The molecular weight excluding hydrogens is 218 g/mol. The van der Waals surface area contributed by atoms with Crippen molar-refractivity contribution in [2.45, 2.75) is 52.5 Å². The Hall–Kier alpha value is -1.06. The monoisotopic (exact) mass is 241 g/mol. The Morgan fingerprint density at radius 3 is 2.41 bits per heavy atom. The van der Waals surface area contributed by atoms with E-state index in [1.807, 2.05) is 0 Å². The summed E-state index contributed by atoms with van der Waals surface area (Å²) in [5.41, 5.74) is 0. The molecule has 17 heavy (non-hydrogen) atoms. The molecule has 1 fully saturated rings. The standard InChI is InChI=1S/C13H23NO3/c1-9-6-4-5-7-12(9)14(11(3)15)8-10(2)13(16)17/h9-10,12H,4-8H2,1-3H3,(H,16,17). The average Bonchev–Trinajstić information content (AvgIpc) is 2.26. The van der Waals surface area contributed by atoms with Crippen molar-refractivity contribution >= 4 is 11.9 Å². The fraction of sp³-hybridized carbons (Fsp3) is 0.846. The minimum absolute atomic E-state index is 0.00292. The smallest absolute Gasteiger partial charge is 0.308 e. The Bertz CT molecular complexity index is 290. The van der Waals surface area contributed by atoms with Gasteiger partial charge in [-0.05, 0) is 18.8 Å². The third-order valence-corrected chi connectivity index (χ3v) is 3.76. The van der Waals surface area contributed by atoms with Crippen molar-refractivity contribution in [1.82, 2.24) is 4.90 Å². The lowest BCUT2D eigenvalue weighted by Gasteiger charge is -2.39. The molecule has 0 aromatic carbocycles. The molecule has 0 radical (unpaired) electrons. The zero-order valence-corrected chi connectivity index (χ0v) is 11.0. The van der Waals surface area contributed by atoms with Gasteiger partial charge in [0.05, 0.1) is 5.92 Å². The van der Waals surface area contributed by atoms with Crippen LogP contribution in [0.2, 0.25) is 0 Å². The van der Waals surface area contributed by atoms with E-state index in [4.69, 9.17) is 5.11 Å². The summed E-state index contributed by atoms with van der Waals surface area (Å²) >= 11 is 0. The third kappa shape index (κ3) is 3.72. The Labute approximate surface area is 103 Å². The van der Waals surface area contributed by atoms with E-state index in [1.165, 1.54) is 13.3 Å². The van der Waals surface area contributed by atoms with Gasteiger partial charge in [-0.1, -0.05) is 26.7 Å². The van der Waals surface area contributed by atoms with Crippen LogP contribution in [0.1, 0.15) is 46.5 Å². The molecule has 0 bridgehead atoms. The van der Waals surface area contributed by atoms with Crippen LogP contribution in [0, 0.1) is 11.8 Å². The van der Waals surface area contributed by atoms with Crippen molar-refractivity contribution in [1.29, 1.82) is 0 Å². The van der Waals surface area contributed by atoms with Gasteiger partial charge in [0.15, 0.2) is 0 Å². The van der Waals surface area contributed by atoms with Gasteiger partial charge >= 0.3 is 5.97 Å². The summed E-state index contributed by atoms with van der Waals surface area (Å²) in [4.78, 5) is 24.3. The lowest BCUT2D eigenvalue weighted by Crippen LogP contribution is -2.47. The number of hydrogen-bond donors (Lipinski definition) is 1. The minimum atomic E-state index is -0.834. The maximum atomic E-state index is 11.7. The first kappa shape index (κ1) is 14.0. The molecule has 3 atom stereocenters. The van der Waals surface area contributed by atoms with Gasteiger partial charge in [-0.2, -0.15) is 0 Å². The number of rotatable bonds is 4. The molecule has 4 heteroatoms. The van der Waals surface area contributed by atoms with Gasteiger partial charge in [0, 0.05) is 19.5 Å². The molecule has 0 saturated heterocycles. The topological polar surface area (TPSA) is 57.6 Å². The van der Waals surface area contributed by atoms with Crippen LogP contribution >= 0.6 is 0 Å². The van der Waals surface area contributed by atoms with E-state index in [0.29, 0.717) is 12.5 Å². The fourth-order valence-electron chi connectivity index (χ4n) is 2.63. The lowest BCUT2D eigenvalue weighted by atomic mass is 9.84. The van der Waals surface area contributed by atoms with Gasteiger partial charge in [-0.25, -0.2) is 0 Å². The van der Waals surface area contributed by atoms with Crippen LogP contribution in [-0.4, -0.2) is 34.5 Å². The molecule has 0 heterocycles. The summed E-state index contributed by atoms with van der Waals surface area (Å²) in [6.07, 6.45) is 4.50.